The van der Waals surface area contributed by atoms with Crippen LogP contribution in [-0.2, 0) is 4.74 Å². The van der Waals surface area contributed by atoms with Crippen molar-refractivity contribution >= 4 is 0 Å². The van der Waals surface area contributed by atoms with Crippen LogP contribution in [0.3, 0.4) is 0 Å². The molecule has 19 heavy (non-hydrogen) atoms. The number of piperidine rings is 2. The van der Waals surface area contributed by atoms with Crippen LogP contribution in [0.15, 0.2) is 0 Å². The molecular weight excluding hydrogens is 238 g/mol. The highest BCUT2D eigenvalue weighted by Crippen LogP contribution is 2.33. The van der Waals surface area contributed by atoms with Crippen molar-refractivity contribution in [3.63, 3.8) is 0 Å². The first-order valence-corrected chi connectivity index (χ1v) is 8.11. The maximum Gasteiger partial charge on any atom is 0.0829 e. The van der Waals surface area contributed by atoms with Crippen molar-refractivity contribution in [1.82, 2.24) is 9.80 Å². The molecule has 0 aromatic carbocycles. The molecule has 0 spiro atoms. The van der Waals surface area contributed by atoms with Crippen molar-refractivity contribution in [2.24, 2.45) is 5.73 Å². The number of rotatable bonds is 3. The normalized spacial score (nSPS) is 41.4. The summed E-state index contributed by atoms with van der Waals surface area (Å²) in [7, 11) is 0. The van der Waals surface area contributed by atoms with Gasteiger partial charge in [-0.2, -0.15) is 0 Å². The first kappa shape index (κ1) is 13.8. The van der Waals surface area contributed by atoms with Crippen molar-refractivity contribution in [2.75, 3.05) is 32.8 Å². The Balaban J connectivity index is 1.59. The van der Waals surface area contributed by atoms with Crippen molar-refractivity contribution in [2.45, 2.75) is 63.3 Å². The number of likely N-dealkylation sites (N-methyl/N-ethyl adjacent to an activating group) is 1. The number of hydrogen-bond donors (Lipinski definition) is 1. The molecule has 3 saturated heterocycles. The van der Waals surface area contributed by atoms with Crippen molar-refractivity contribution in [1.29, 1.82) is 0 Å². The largest absolute Gasteiger partial charge is 0.374 e. The molecule has 3 rings (SSSR count). The molecule has 4 nitrogen and oxygen atoms in total. The van der Waals surface area contributed by atoms with Gasteiger partial charge in [0.2, 0.25) is 0 Å². The van der Waals surface area contributed by atoms with Crippen LogP contribution in [-0.4, -0.2) is 66.8 Å². The zero-order valence-corrected chi connectivity index (χ0v) is 12.3. The minimum atomic E-state index is 0.408. The number of fused-ring (bicyclic) bond motifs is 2. The van der Waals surface area contributed by atoms with E-state index >= 15 is 0 Å². The molecule has 0 aromatic heterocycles. The summed E-state index contributed by atoms with van der Waals surface area (Å²) in [5.74, 6) is 0. The number of nitrogens with zero attached hydrogens (tertiary/aromatic N) is 2. The molecule has 4 heteroatoms. The Morgan fingerprint density at radius 3 is 2.63 bits per heavy atom. The monoisotopic (exact) mass is 267 g/mol. The fourth-order valence-corrected chi connectivity index (χ4v) is 4.23. The summed E-state index contributed by atoms with van der Waals surface area (Å²) in [5.41, 5.74) is 6.20. The second-order valence-corrected chi connectivity index (χ2v) is 6.55. The quantitative estimate of drug-likeness (QED) is 0.830. The van der Waals surface area contributed by atoms with E-state index in [1.54, 1.807) is 0 Å². The van der Waals surface area contributed by atoms with Gasteiger partial charge in [-0.15, -0.1) is 0 Å². The van der Waals surface area contributed by atoms with Gasteiger partial charge in [-0.25, -0.2) is 0 Å². The lowest BCUT2D eigenvalue weighted by Gasteiger charge is -2.50. The van der Waals surface area contributed by atoms with Gasteiger partial charge in [-0.1, -0.05) is 13.3 Å². The average molecular weight is 267 g/mol. The van der Waals surface area contributed by atoms with Crippen LogP contribution in [0, 0.1) is 0 Å². The molecule has 3 aliphatic rings. The first-order valence-electron chi connectivity index (χ1n) is 8.11. The molecular formula is C15H29N3O. The molecule has 2 N–H and O–H groups in total. The van der Waals surface area contributed by atoms with E-state index in [1.165, 1.54) is 32.1 Å². The summed E-state index contributed by atoms with van der Waals surface area (Å²) in [6.45, 7) is 7.64. The zero-order chi connectivity index (χ0) is 13.2. The molecule has 3 heterocycles. The Labute approximate surface area is 117 Å². The Morgan fingerprint density at radius 2 is 1.95 bits per heavy atom. The van der Waals surface area contributed by atoms with Gasteiger partial charge in [0.1, 0.15) is 0 Å². The molecule has 3 unspecified atom stereocenters. The van der Waals surface area contributed by atoms with Crippen LogP contribution in [0.1, 0.15) is 39.0 Å². The summed E-state index contributed by atoms with van der Waals surface area (Å²) in [4.78, 5) is 5.25. The Bertz CT molecular complexity index is 285. The maximum atomic E-state index is 6.20. The van der Waals surface area contributed by atoms with Crippen LogP contribution in [0.4, 0.5) is 0 Å². The number of morpholine rings is 1. The fourth-order valence-electron chi connectivity index (χ4n) is 4.23. The lowest BCUT2D eigenvalue weighted by molar-refractivity contribution is -0.0705. The summed E-state index contributed by atoms with van der Waals surface area (Å²) in [5, 5.41) is 0. The summed E-state index contributed by atoms with van der Waals surface area (Å²) in [6, 6.07) is 1.89. The maximum absolute atomic E-state index is 6.20. The van der Waals surface area contributed by atoms with Gasteiger partial charge < -0.3 is 10.5 Å². The Kier molecular flexibility index (Phi) is 4.42. The van der Waals surface area contributed by atoms with Gasteiger partial charge in [0.25, 0.3) is 0 Å². The summed E-state index contributed by atoms with van der Waals surface area (Å²) < 4.78 is 5.99. The predicted molar refractivity (Wildman–Crippen MR) is 77.2 cm³/mol. The highest BCUT2D eigenvalue weighted by atomic mass is 16.5. The first-order chi connectivity index (χ1) is 9.26. The van der Waals surface area contributed by atoms with Crippen molar-refractivity contribution < 1.29 is 4.74 Å². The number of ether oxygens (including phenoxy) is 1. The molecule has 3 fully saturated rings. The molecule has 0 radical (unpaired) electrons. The number of nitrogens with two attached hydrogens (primary N) is 1. The predicted octanol–water partition coefficient (Wildman–Crippen LogP) is 1.05. The van der Waals surface area contributed by atoms with Gasteiger partial charge in [0.05, 0.1) is 12.7 Å². The van der Waals surface area contributed by atoms with Gasteiger partial charge in [-0.3, -0.25) is 9.80 Å². The van der Waals surface area contributed by atoms with Crippen molar-refractivity contribution in [3.8, 4) is 0 Å². The molecule has 0 aromatic rings. The highest BCUT2D eigenvalue weighted by molar-refractivity contribution is 4.95. The van der Waals surface area contributed by atoms with Crippen LogP contribution in [0.2, 0.25) is 0 Å². The van der Waals surface area contributed by atoms with Crippen LogP contribution in [0.25, 0.3) is 0 Å². The average Bonchev–Trinajstić information content (AvgIpc) is 2.40. The lowest BCUT2D eigenvalue weighted by Crippen LogP contribution is -2.59. The third-order valence-electron chi connectivity index (χ3n) is 5.25. The standard InChI is InChI=1S/C15H29N3O/c1-2-17-6-7-19-15(10-17)11-18-13-4-3-5-14(18)9-12(16)8-13/h12-15H,2-11,16H2,1H3. The van der Waals surface area contributed by atoms with Gasteiger partial charge in [0.15, 0.2) is 0 Å². The van der Waals surface area contributed by atoms with E-state index < -0.39 is 0 Å². The van der Waals surface area contributed by atoms with Crippen molar-refractivity contribution in [3.05, 3.63) is 0 Å². The van der Waals surface area contributed by atoms with Crippen LogP contribution < -0.4 is 5.73 Å². The van der Waals surface area contributed by atoms with E-state index in [-0.39, 0.29) is 0 Å². The third kappa shape index (κ3) is 3.13. The Hall–Kier alpha value is -0.160. The van der Waals surface area contributed by atoms with Crippen LogP contribution >= 0.6 is 0 Å². The topological polar surface area (TPSA) is 41.7 Å². The molecule has 3 atom stereocenters. The summed E-state index contributed by atoms with van der Waals surface area (Å²) in [6.07, 6.45) is 6.88. The van der Waals surface area contributed by atoms with E-state index in [9.17, 15) is 0 Å². The van der Waals surface area contributed by atoms with E-state index in [0.717, 1.165) is 44.9 Å². The lowest BCUT2D eigenvalue weighted by atomic mass is 9.82. The SMILES string of the molecule is CCN1CCOC(CN2C3CCCC2CC(N)C3)C1. The second-order valence-electron chi connectivity index (χ2n) is 6.55. The molecule has 110 valence electrons. The smallest absolute Gasteiger partial charge is 0.0829 e. The van der Waals surface area contributed by atoms with E-state index in [2.05, 4.69) is 16.7 Å². The third-order valence-corrected chi connectivity index (χ3v) is 5.25. The van der Waals surface area contributed by atoms with Crippen LogP contribution in [0.5, 0.6) is 0 Å². The molecule has 3 aliphatic heterocycles. The van der Waals surface area contributed by atoms with E-state index in [1.807, 2.05) is 0 Å². The van der Waals surface area contributed by atoms with E-state index in [4.69, 9.17) is 10.5 Å². The minimum Gasteiger partial charge on any atom is -0.374 e. The zero-order valence-electron chi connectivity index (χ0n) is 12.3. The van der Waals surface area contributed by atoms with Gasteiger partial charge in [-0.05, 0) is 32.2 Å². The van der Waals surface area contributed by atoms with Gasteiger partial charge in [0, 0.05) is 37.8 Å². The Morgan fingerprint density at radius 1 is 1.21 bits per heavy atom. The minimum absolute atomic E-state index is 0.408. The molecule has 2 bridgehead atoms. The summed E-state index contributed by atoms with van der Waals surface area (Å²) >= 11 is 0. The van der Waals surface area contributed by atoms with Gasteiger partial charge >= 0.3 is 0 Å². The molecule has 0 saturated carbocycles. The molecule has 0 aliphatic carbocycles. The fraction of sp³-hybridized carbons (Fsp3) is 1.00. The van der Waals surface area contributed by atoms with E-state index in [0.29, 0.717) is 12.1 Å². The number of hydrogen-bond acceptors (Lipinski definition) is 4. The highest BCUT2D eigenvalue weighted by Gasteiger charge is 2.38. The molecule has 0 amide bonds. The second kappa shape index (κ2) is 6.08.